The van der Waals surface area contributed by atoms with Crippen molar-refractivity contribution in [3.8, 4) is 11.1 Å². The van der Waals surface area contributed by atoms with E-state index in [9.17, 15) is 4.79 Å². The van der Waals surface area contributed by atoms with Gasteiger partial charge in [0, 0.05) is 28.0 Å². The smallest absolute Gasteiger partial charge is 0.335 e. The number of benzene rings is 1. The second kappa shape index (κ2) is 4.55. The maximum Gasteiger partial charge on any atom is 0.335 e. The first-order valence-electron chi connectivity index (χ1n) is 5.04. The van der Waals surface area contributed by atoms with Crippen LogP contribution in [0.25, 0.3) is 11.1 Å². The quantitative estimate of drug-likeness (QED) is 0.885. The molecule has 0 radical (unpaired) electrons. The second-order valence-corrected chi connectivity index (χ2v) is 4.10. The standard InChI is InChI=1S/C13H10ClNO2/c1-8-2-3-10(7-15-8)11-5-4-9(13(16)17)6-12(11)14/h2-7H,1H3,(H,16,17). The van der Waals surface area contributed by atoms with Crippen molar-refractivity contribution in [1.82, 2.24) is 4.98 Å². The number of halogens is 1. The Morgan fingerprint density at radius 1 is 1.29 bits per heavy atom. The predicted octanol–water partition coefficient (Wildman–Crippen LogP) is 3.41. The summed E-state index contributed by atoms with van der Waals surface area (Å²) in [5.41, 5.74) is 2.76. The Bertz CT molecular complexity index is 564. The topological polar surface area (TPSA) is 50.2 Å². The van der Waals surface area contributed by atoms with Gasteiger partial charge in [0.2, 0.25) is 0 Å². The Hall–Kier alpha value is -1.87. The van der Waals surface area contributed by atoms with Crippen LogP contribution in [0.3, 0.4) is 0 Å². The minimum atomic E-state index is -0.986. The maximum atomic E-state index is 10.8. The molecule has 2 aromatic rings. The normalized spacial score (nSPS) is 10.2. The highest BCUT2D eigenvalue weighted by atomic mass is 35.5. The number of pyridine rings is 1. The summed E-state index contributed by atoms with van der Waals surface area (Å²) < 4.78 is 0. The molecular formula is C13H10ClNO2. The van der Waals surface area contributed by atoms with Crippen LogP contribution in [0, 0.1) is 6.92 Å². The van der Waals surface area contributed by atoms with Crippen molar-refractivity contribution < 1.29 is 9.90 Å². The molecular weight excluding hydrogens is 238 g/mol. The average molecular weight is 248 g/mol. The molecule has 17 heavy (non-hydrogen) atoms. The summed E-state index contributed by atoms with van der Waals surface area (Å²) >= 11 is 6.06. The van der Waals surface area contributed by atoms with E-state index in [2.05, 4.69) is 4.98 Å². The Morgan fingerprint density at radius 2 is 2.06 bits per heavy atom. The molecule has 0 unspecified atom stereocenters. The van der Waals surface area contributed by atoms with E-state index < -0.39 is 5.97 Å². The van der Waals surface area contributed by atoms with Crippen molar-refractivity contribution in [1.29, 1.82) is 0 Å². The number of hydrogen-bond acceptors (Lipinski definition) is 2. The largest absolute Gasteiger partial charge is 0.478 e. The van der Waals surface area contributed by atoms with Crippen molar-refractivity contribution in [3.05, 3.63) is 52.8 Å². The van der Waals surface area contributed by atoms with Gasteiger partial charge in [0.15, 0.2) is 0 Å². The van der Waals surface area contributed by atoms with Gasteiger partial charge in [-0.1, -0.05) is 23.7 Å². The lowest BCUT2D eigenvalue weighted by Crippen LogP contribution is -1.96. The SMILES string of the molecule is Cc1ccc(-c2ccc(C(=O)O)cc2Cl)cn1. The molecule has 0 saturated heterocycles. The van der Waals surface area contributed by atoms with Gasteiger partial charge < -0.3 is 5.11 Å². The number of nitrogens with zero attached hydrogens (tertiary/aromatic N) is 1. The van der Waals surface area contributed by atoms with Crippen molar-refractivity contribution in [3.63, 3.8) is 0 Å². The molecule has 0 bridgehead atoms. The molecule has 0 aliphatic heterocycles. The lowest BCUT2D eigenvalue weighted by atomic mass is 10.1. The van der Waals surface area contributed by atoms with Crippen LogP contribution < -0.4 is 0 Å². The first-order valence-corrected chi connectivity index (χ1v) is 5.41. The van der Waals surface area contributed by atoms with Gasteiger partial charge in [0.1, 0.15) is 0 Å². The van der Waals surface area contributed by atoms with Crippen LogP contribution in [0.5, 0.6) is 0 Å². The first-order chi connectivity index (χ1) is 8.08. The fraction of sp³-hybridized carbons (Fsp3) is 0.0769. The van der Waals surface area contributed by atoms with E-state index in [-0.39, 0.29) is 5.56 Å². The molecule has 86 valence electrons. The molecule has 0 aliphatic rings. The van der Waals surface area contributed by atoms with Crippen molar-refractivity contribution in [2.24, 2.45) is 0 Å². The number of carbonyl (C=O) groups is 1. The van der Waals surface area contributed by atoms with Gasteiger partial charge in [0.25, 0.3) is 0 Å². The van der Waals surface area contributed by atoms with E-state index in [0.29, 0.717) is 5.02 Å². The summed E-state index contributed by atoms with van der Waals surface area (Å²) in [6.07, 6.45) is 1.72. The molecule has 3 nitrogen and oxygen atoms in total. The van der Waals surface area contributed by atoms with Crippen molar-refractivity contribution >= 4 is 17.6 Å². The highest BCUT2D eigenvalue weighted by Crippen LogP contribution is 2.28. The average Bonchev–Trinajstić information content (AvgIpc) is 2.30. The molecule has 2 rings (SSSR count). The van der Waals surface area contributed by atoms with Gasteiger partial charge in [0.05, 0.1) is 5.56 Å². The van der Waals surface area contributed by atoms with Crippen LogP contribution in [-0.4, -0.2) is 16.1 Å². The summed E-state index contributed by atoms with van der Waals surface area (Å²) in [5, 5.41) is 9.25. The van der Waals surface area contributed by atoms with Crippen molar-refractivity contribution in [2.45, 2.75) is 6.92 Å². The minimum absolute atomic E-state index is 0.179. The lowest BCUT2D eigenvalue weighted by Gasteiger charge is -2.05. The Labute approximate surface area is 104 Å². The Morgan fingerprint density at radius 3 is 2.59 bits per heavy atom. The predicted molar refractivity (Wildman–Crippen MR) is 66.4 cm³/mol. The van der Waals surface area contributed by atoms with Gasteiger partial charge in [-0.2, -0.15) is 0 Å². The molecule has 0 spiro atoms. The number of hydrogen-bond donors (Lipinski definition) is 1. The molecule has 1 heterocycles. The number of aryl methyl sites for hydroxylation is 1. The lowest BCUT2D eigenvalue weighted by molar-refractivity contribution is 0.0697. The molecule has 0 saturated carbocycles. The minimum Gasteiger partial charge on any atom is -0.478 e. The van der Waals surface area contributed by atoms with Crippen molar-refractivity contribution in [2.75, 3.05) is 0 Å². The highest BCUT2D eigenvalue weighted by molar-refractivity contribution is 6.33. The third-order valence-corrected chi connectivity index (χ3v) is 2.75. The highest BCUT2D eigenvalue weighted by Gasteiger charge is 2.08. The zero-order chi connectivity index (χ0) is 12.4. The first kappa shape index (κ1) is 11.6. The van der Waals surface area contributed by atoms with E-state index in [4.69, 9.17) is 16.7 Å². The van der Waals surface area contributed by atoms with Gasteiger partial charge in [-0.05, 0) is 25.1 Å². The molecule has 0 amide bonds. The Kier molecular flexibility index (Phi) is 3.11. The number of rotatable bonds is 2. The van der Waals surface area contributed by atoms with Gasteiger partial charge >= 0.3 is 5.97 Å². The number of carboxylic acid groups (broad SMARTS) is 1. The van der Waals surface area contributed by atoms with E-state index >= 15 is 0 Å². The molecule has 0 fully saturated rings. The number of aromatic nitrogens is 1. The van der Waals surface area contributed by atoms with Crippen LogP contribution in [0.1, 0.15) is 16.1 Å². The third-order valence-electron chi connectivity index (χ3n) is 2.44. The van der Waals surface area contributed by atoms with Gasteiger partial charge in [-0.3, -0.25) is 4.98 Å². The van der Waals surface area contributed by atoms with Crippen LogP contribution in [0.4, 0.5) is 0 Å². The van der Waals surface area contributed by atoms with Crippen LogP contribution >= 0.6 is 11.6 Å². The van der Waals surface area contributed by atoms with E-state index in [1.807, 2.05) is 19.1 Å². The fourth-order valence-electron chi connectivity index (χ4n) is 1.51. The molecule has 0 aliphatic carbocycles. The second-order valence-electron chi connectivity index (χ2n) is 3.69. The molecule has 4 heteroatoms. The molecule has 1 aromatic heterocycles. The third kappa shape index (κ3) is 2.45. The van der Waals surface area contributed by atoms with E-state index in [0.717, 1.165) is 16.8 Å². The summed E-state index contributed by atoms with van der Waals surface area (Å²) in [7, 11) is 0. The summed E-state index contributed by atoms with van der Waals surface area (Å²) in [6.45, 7) is 1.90. The monoisotopic (exact) mass is 247 g/mol. The Balaban J connectivity index is 2.46. The zero-order valence-electron chi connectivity index (χ0n) is 9.14. The van der Waals surface area contributed by atoms with Gasteiger partial charge in [-0.15, -0.1) is 0 Å². The summed E-state index contributed by atoms with van der Waals surface area (Å²) in [5.74, 6) is -0.986. The summed E-state index contributed by atoms with van der Waals surface area (Å²) in [4.78, 5) is 15.0. The van der Waals surface area contributed by atoms with Gasteiger partial charge in [-0.25, -0.2) is 4.79 Å². The zero-order valence-corrected chi connectivity index (χ0v) is 9.90. The maximum absolute atomic E-state index is 10.8. The van der Waals surface area contributed by atoms with Crippen LogP contribution in [0.15, 0.2) is 36.5 Å². The van der Waals surface area contributed by atoms with E-state index in [1.54, 1.807) is 12.3 Å². The van der Waals surface area contributed by atoms with E-state index in [1.165, 1.54) is 12.1 Å². The number of aromatic carboxylic acids is 1. The summed E-state index contributed by atoms with van der Waals surface area (Å²) in [6, 6.07) is 8.46. The fourth-order valence-corrected chi connectivity index (χ4v) is 1.80. The molecule has 0 atom stereocenters. The van der Waals surface area contributed by atoms with Crippen LogP contribution in [-0.2, 0) is 0 Å². The number of carboxylic acids is 1. The molecule has 1 N–H and O–H groups in total. The van der Waals surface area contributed by atoms with Crippen LogP contribution in [0.2, 0.25) is 5.02 Å². The molecule has 1 aromatic carbocycles.